The van der Waals surface area contributed by atoms with Gasteiger partial charge in [-0.15, -0.1) is 0 Å². The smallest absolute Gasteiger partial charge is 0.135 e. The van der Waals surface area contributed by atoms with Crippen molar-refractivity contribution in [2.45, 2.75) is 56.2 Å². The molecule has 1 aromatic carbocycles. The third-order valence-corrected chi connectivity index (χ3v) is 4.73. The van der Waals surface area contributed by atoms with Crippen molar-refractivity contribution < 1.29 is 5.11 Å². The summed E-state index contributed by atoms with van der Waals surface area (Å²) in [6.07, 6.45) is 0. The average molecular weight is 359 g/mol. The van der Waals surface area contributed by atoms with E-state index in [2.05, 4.69) is 37.2 Å². The first-order valence-corrected chi connectivity index (χ1v) is 8.76. The Labute approximate surface area is 145 Å². The molecule has 0 aliphatic heterocycles. The normalized spacial score (nSPS) is 11.7. The molecule has 0 saturated carbocycles. The van der Waals surface area contributed by atoms with E-state index in [1.54, 1.807) is 17.8 Å². The quantitative estimate of drug-likeness (QED) is 0.762. The van der Waals surface area contributed by atoms with Crippen molar-refractivity contribution in [3.8, 4) is 0 Å². The third kappa shape index (κ3) is 3.80. The molecule has 1 heterocycles. The van der Waals surface area contributed by atoms with E-state index in [1.807, 2.05) is 12.1 Å². The van der Waals surface area contributed by atoms with Crippen molar-refractivity contribution in [2.24, 2.45) is 0 Å². The number of aliphatic hydroxyl groups excluding tert-OH is 1. The molecule has 0 radical (unpaired) electrons. The highest BCUT2D eigenvalue weighted by Gasteiger charge is 2.21. The Kier molecular flexibility index (Phi) is 5.83. The van der Waals surface area contributed by atoms with Crippen molar-refractivity contribution in [1.29, 1.82) is 0 Å². The molecule has 2 rings (SSSR count). The average Bonchev–Trinajstić information content (AvgIpc) is 2.76. The summed E-state index contributed by atoms with van der Waals surface area (Å²) in [5.41, 5.74) is 0.985. The predicted molar refractivity (Wildman–Crippen MR) is 93.2 cm³/mol. The maximum absolute atomic E-state index is 9.61. The molecule has 0 unspecified atom stereocenters. The summed E-state index contributed by atoms with van der Waals surface area (Å²) < 4.78 is 2.08. The number of halogens is 2. The minimum Gasteiger partial charge on any atom is -0.388 e. The first-order chi connectivity index (χ1) is 10.3. The molecule has 0 fully saturated rings. The molecular formula is C16H20Cl2N2OS. The van der Waals surface area contributed by atoms with E-state index in [4.69, 9.17) is 23.2 Å². The number of nitrogens with zero attached hydrogens (tertiary/aromatic N) is 2. The summed E-state index contributed by atoms with van der Waals surface area (Å²) in [6.45, 7) is 8.29. The molecule has 0 spiro atoms. The Hall–Kier alpha value is -0.680. The zero-order chi connectivity index (χ0) is 16.4. The van der Waals surface area contributed by atoms with Crippen LogP contribution in [-0.2, 0) is 6.61 Å². The van der Waals surface area contributed by atoms with Crippen LogP contribution in [0.2, 0.25) is 10.0 Å². The van der Waals surface area contributed by atoms with Gasteiger partial charge in [-0.1, -0.05) is 48.8 Å². The molecule has 22 heavy (non-hydrogen) atoms. The fraction of sp³-hybridized carbons (Fsp3) is 0.438. The maximum atomic E-state index is 9.61. The van der Waals surface area contributed by atoms with Gasteiger partial charge in [-0.2, -0.15) is 0 Å². The second kappa shape index (κ2) is 7.26. The number of hydrogen-bond acceptors (Lipinski definition) is 3. The monoisotopic (exact) mass is 358 g/mol. The van der Waals surface area contributed by atoms with Gasteiger partial charge < -0.3 is 9.67 Å². The van der Waals surface area contributed by atoms with Gasteiger partial charge in [0.05, 0.1) is 5.69 Å². The predicted octanol–water partition coefficient (Wildman–Crippen LogP) is 5.54. The molecule has 6 heteroatoms. The standard InChI is InChI=1S/C16H20Cl2N2OS/c1-9(2)15-16(20(10(3)4)14(8-21)19-15)22-13-6-11(17)5-12(18)7-13/h5-7,9-10,21H,8H2,1-4H3. The third-order valence-electron chi connectivity index (χ3n) is 3.22. The van der Waals surface area contributed by atoms with Gasteiger partial charge in [0.25, 0.3) is 0 Å². The van der Waals surface area contributed by atoms with Crippen LogP contribution in [0, 0.1) is 0 Å². The lowest BCUT2D eigenvalue weighted by molar-refractivity contribution is 0.260. The lowest BCUT2D eigenvalue weighted by Gasteiger charge is -2.16. The van der Waals surface area contributed by atoms with E-state index in [0.29, 0.717) is 15.9 Å². The first-order valence-electron chi connectivity index (χ1n) is 7.19. The molecule has 3 nitrogen and oxygen atoms in total. The number of imidazole rings is 1. The lowest BCUT2D eigenvalue weighted by Crippen LogP contribution is -2.07. The van der Waals surface area contributed by atoms with Gasteiger partial charge in [0.2, 0.25) is 0 Å². The van der Waals surface area contributed by atoms with Crippen LogP contribution < -0.4 is 0 Å². The van der Waals surface area contributed by atoms with Crippen LogP contribution in [0.4, 0.5) is 0 Å². The Morgan fingerprint density at radius 1 is 1.14 bits per heavy atom. The van der Waals surface area contributed by atoms with E-state index in [-0.39, 0.29) is 18.6 Å². The highest BCUT2D eigenvalue weighted by atomic mass is 35.5. The molecule has 1 N–H and O–H groups in total. The van der Waals surface area contributed by atoms with E-state index < -0.39 is 0 Å². The molecule has 0 bridgehead atoms. The van der Waals surface area contributed by atoms with Gasteiger partial charge in [0.1, 0.15) is 17.5 Å². The molecule has 0 aliphatic rings. The van der Waals surface area contributed by atoms with Crippen molar-refractivity contribution in [3.05, 3.63) is 39.8 Å². The van der Waals surface area contributed by atoms with E-state index in [1.165, 1.54) is 0 Å². The van der Waals surface area contributed by atoms with Crippen LogP contribution in [0.3, 0.4) is 0 Å². The van der Waals surface area contributed by atoms with Crippen LogP contribution >= 0.6 is 35.0 Å². The molecule has 120 valence electrons. The van der Waals surface area contributed by atoms with Crippen LogP contribution in [0.5, 0.6) is 0 Å². The zero-order valence-corrected chi connectivity index (χ0v) is 15.4. The van der Waals surface area contributed by atoms with Gasteiger partial charge in [-0.3, -0.25) is 0 Å². The Morgan fingerprint density at radius 2 is 1.73 bits per heavy atom. The van der Waals surface area contributed by atoms with Crippen molar-refractivity contribution >= 4 is 35.0 Å². The molecule has 1 aromatic heterocycles. The van der Waals surface area contributed by atoms with Crippen molar-refractivity contribution in [3.63, 3.8) is 0 Å². The largest absolute Gasteiger partial charge is 0.388 e. The topological polar surface area (TPSA) is 38.1 Å². The number of aromatic nitrogens is 2. The van der Waals surface area contributed by atoms with Crippen LogP contribution in [-0.4, -0.2) is 14.7 Å². The molecule has 0 atom stereocenters. The summed E-state index contributed by atoms with van der Waals surface area (Å²) in [5, 5.41) is 11.9. The molecule has 0 saturated heterocycles. The Balaban J connectivity index is 2.54. The lowest BCUT2D eigenvalue weighted by atomic mass is 10.1. The van der Waals surface area contributed by atoms with Gasteiger partial charge >= 0.3 is 0 Å². The fourth-order valence-corrected chi connectivity index (χ4v) is 4.35. The minimum atomic E-state index is -0.0746. The SMILES string of the molecule is CC(C)c1nc(CO)n(C(C)C)c1Sc1cc(Cl)cc(Cl)c1. The number of benzene rings is 1. The highest BCUT2D eigenvalue weighted by molar-refractivity contribution is 7.99. The van der Waals surface area contributed by atoms with Gasteiger partial charge in [-0.05, 0) is 38.0 Å². The van der Waals surface area contributed by atoms with Crippen LogP contribution in [0.25, 0.3) is 0 Å². The van der Waals surface area contributed by atoms with E-state index >= 15 is 0 Å². The first kappa shape index (κ1) is 17.7. The number of hydrogen-bond donors (Lipinski definition) is 1. The minimum absolute atomic E-state index is 0.0746. The Morgan fingerprint density at radius 3 is 2.18 bits per heavy atom. The zero-order valence-electron chi connectivity index (χ0n) is 13.1. The number of rotatable bonds is 5. The maximum Gasteiger partial charge on any atom is 0.135 e. The Bertz CT molecular complexity index is 648. The van der Waals surface area contributed by atoms with Crippen molar-refractivity contribution in [1.82, 2.24) is 9.55 Å². The summed E-state index contributed by atoms with van der Waals surface area (Å²) >= 11 is 13.8. The summed E-state index contributed by atoms with van der Waals surface area (Å²) in [6, 6.07) is 5.70. The fourth-order valence-electron chi connectivity index (χ4n) is 2.30. The second-order valence-corrected chi connectivity index (χ2v) is 7.64. The van der Waals surface area contributed by atoms with E-state index in [9.17, 15) is 5.11 Å². The summed E-state index contributed by atoms with van der Waals surface area (Å²) in [4.78, 5) is 5.58. The summed E-state index contributed by atoms with van der Waals surface area (Å²) in [7, 11) is 0. The molecule has 0 amide bonds. The number of aliphatic hydroxyl groups is 1. The molecule has 2 aromatic rings. The highest BCUT2D eigenvalue weighted by Crippen LogP contribution is 2.38. The van der Waals surface area contributed by atoms with Crippen molar-refractivity contribution in [2.75, 3.05) is 0 Å². The van der Waals surface area contributed by atoms with Gasteiger partial charge in [-0.25, -0.2) is 4.98 Å². The second-order valence-electron chi connectivity index (χ2n) is 5.70. The van der Waals surface area contributed by atoms with Gasteiger partial charge in [0, 0.05) is 21.0 Å². The summed E-state index contributed by atoms with van der Waals surface area (Å²) in [5.74, 6) is 0.955. The van der Waals surface area contributed by atoms with Gasteiger partial charge in [0.15, 0.2) is 0 Å². The van der Waals surface area contributed by atoms with E-state index in [0.717, 1.165) is 15.6 Å². The molecule has 0 aliphatic carbocycles. The molecular weight excluding hydrogens is 339 g/mol. The van der Waals surface area contributed by atoms with Crippen LogP contribution in [0.15, 0.2) is 28.1 Å². The van der Waals surface area contributed by atoms with Crippen LogP contribution in [0.1, 0.15) is 51.2 Å².